The molecule has 6 heteroatoms. The van der Waals surface area contributed by atoms with Crippen LogP contribution < -0.4 is 15.5 Å². The molecule has 20 heavy (non-hydrogen) atoms. The highest BCUT2D eigenvalue weighted by Crippen LogP contribution is 2.16. The lowest BCUT2D eigenvalue weighted by Gasteiger charge is -2.27. The predicted octanol–water partition coefficient (Wildman–Crippen LogP) is 0.662. The monoisotopic (exact) mass is 277 g/mol. The smallest absolute Gasteiger partial charge is 0.271 e. The second-order valence-electron chi connectivity index (χ2n) is 5.21. The van der Waals surface area contributed by atoms with E-state index in [0.717, 1.165) is 25.5 Å². The SMILES string of the molecule is CCNC(=O)c1ccc(N(C)CC2CCNCC2)nn1. The lowest BCUT2D eigenvalue weighted by atomic mass is 9.98. The fourth-order valence-corrected chi connectivity index (χ4v) is 2.45. The second kappa shape index (κ2) is 7.19. The highest BCUT2D eigenvalue weighted by molar-refractivity contribution is 5.92. The zero-order valence-electron chi connectivity index (χ0n) is 12.2. The van der Waals surface area contributed by atoms with E-state index in [1.54, 1.807) is 6.07 Å². The molecule has 2 heterocycles. The fourth-order valence-electron chi connectivity index (χ4n) is 2.45. The van der Waals surface area contributed by atoms with Crippen LogP contribution in [-0.4, -0.2) is 49.3 Å². The number of amides is 1. The van der Waals surface area contributed by atoms with Crippen LogP contribution in [0.2, 0.25) is 0 Å². The van der Waals surface area contributed by atoms with Crippen LogP contribution in [0.25, 0.3) is 0 Å². The molecule has 6 nitrogen and oxygen atoms in total. The van der Waals surface area contributed by atoms with Gasteiger partial charge in [0.15, 0.2) is 11.5 Å². The number of nitrogens with one attached hydrogen (secondary N) is 2. The highest BCUT2D eigenvalue weighted by Gasteiger charge is 2.16. The van der Waals surface area contributed by atoms with Gasteiger partial charge in [-0.25, -0.2) is 0 Å². The molecule has 0 bridgehead atoms. The van der Waals surface area contributed by atoms with Crippen LogP contribution in [0.3, 0.4) is 0 Å². The molecule has 2 N–H and O–H groups in total. The zero-order valence-corrected chi connectivity index (χ0v) is 12.2. The number of nitrogens with zero attached hydrogens (tertiary/aromatic N) is 3. The molecule has 0 saturated carbocycles. The summed E-state index contributed by atoms with van der Waals surface area (Å²) >= 11 is 0. The Kier molecular flexibility index (Phi) is 5.29. The molecule has 0 radical (unpaired) electrons. The van der Waals surface area contributed by atoms with Gasteiger partial charge in [-0.05, 0) is 50.9 Å². The molecule has 1 fully saturated rings. The Labute approximate surface area is 120 Å². The fraction of sp³-hybridized carbons (Fsp3) is 0.643. The first kappa shape index (κ1) is 14.7. The summed E-state index contributed by atoms with van der Waals surface area (Å²) in [5, 5.41) is 14.2. The molecular weight excluding hydrogens is 254 g/mol. The number of carbonyl (C=O) groups is 1. The van der Waals surface area contributed by atoms with E-state index in [0.29, 0.717) is 18.2 Å². The van der Waals surface area contributed by atoms with E-state index in [1.165, 1.54) is 12.8 Å². The summed E-state index contributed by atoms with van der Waals surface area (Å²) in [6.45, 7) is 5.65. The van der Waals surface area contributed by atoms with Crippen LogP contribution >= 0.6 is 0 Å². The maximum Gasteiger partial charge on any atom is 0.271 e. The molecule has 1 amide bonds. The van der Waals surface area contributed by atoms with Crippen LogP contribution in [0.5, 0.6) is 0 Å². The first-order chi connectivity index (χ1) is 9.70. The molecular formula is C14H23N5O. The third-order valence-electron chi connectivity index (χ3n) is 3.60. The summed E-state index contributed by atoms with van der Waals surface area (Å²) in [4.78, 5) is 13.7. The van der Waals surface area contributed by atoms with Crippen LogP contribution in [-0.2, 0) is 0 Å². The number of hydrogen-bond acceptors (Lipinski definition) is 5. The first-order valence-corrected chi connectivity index (χ1v) is 7.24. The van der Waals surface area contributed by atoms with Crippen molar-refractivity contribution in [2.24, 2.45) is 5.92 Å². The summed E-state index contributed by atoms with van der Waals surface area (Å²) in [7, 11) is 2.03. The van der Waals surface area contributed by atoms with Gasteiger partial charge in [0.2, 0.25) is 0 Å². The molecule has 0 aliphatic carbocycles. The maximum absolute atomic E-state index is 11.6. The van der Waals surface area contributed by atoms with E-state index in [1.807, 2.05) is 20.0 Å². The molecule has 2 rings (SSSR count). The van der Waals surface area contributed by atoms with Gasteiger partial charge in [-0.3, -0.25) is 4.79 Å². The van der Waals surface area contributed by atoms with Gasteiger partial charge in [-0.15, -0.1) is 10.2 Å². The van der Waals surface area contributed by atoms with Crippen molar-refractivity contribution in [1.82, 2.24) is 20.8 Å². The van der Waals surface area contributed by atoms with E-state index in [9.17, 15) is 4.79 Å². The lowest BCUT2D eigenvalue weighted by molar-refractivity contribution is 0.0950. The van der Waals surface area contributed by atoms with Crippen molar-refractivity contribution < 1.29 is 4.79 Å². The number of anilines is 1. The summed E-state index contributed by atoms with van der Waals surface area (Å²) in [6.07, 6.45) is 2.41. The normalized spacial score (nSPS) is 15.9. The van der Waals surface area contributed by atoms with E-state index >= 15 is 0 Å². The summed E-state index contributed by atoms with van der Waals surface area (Å²) in [6, 6.07) is 3.59. The van der Waals surface area contributed by atoms with Gasteiger partial charge in [0.1, 0.15) is 0 Å². The zero-order chi connectivity index (χ0) is 14.4. The summed E-state index contributed by atoms with van der Waals surface area (Å²) in [5.41, 5.74) is 0.367. The first-order valence-electron chi connectivity index (χ1n) is 7.24. The molecule has 110 valence electrons. The summed E-state index contributed by atoms with van der Waals surface area (Å²) < 4.78 is 0. The Morgan fingerprint density at radius 2 is 2.15 bits per heavy atom. The average Bonchev–Trinajstić information content (AvgIpc) is 2.48. The molecule has 1 saturated heterocycles. The Hall–Kier alpha value is -1.69. The molecule has 1 aromatic heterocycles. The van der Waals surface area contributed by atoms with Crippen molar-refractivity contribution in [2.45, 2.75) is 19.8 Å². The standard InChI is InChI=1S/C14H23N5O/c1-3-16-14(20)12-4-5-13(18-17-12)19(2)10-11-6-8-15-9-7-11/h4-5,11,15H,3,6-10H2,1-2H3,(H,16,20). The molecule has 0 aromatic carbocycles. The van der Waals surface area contributed by atoms with Crippen molar-refractivity contribution in [3.05, 3.63) is 17.8 Å². The maximum atomic E-state index is 11.6. The Bertz CT molecular complexity index is 428. The minimum Gasteiger partial charge on any atom is -0.358 e. The lowest BCUT2D eigenvalue weighted by Crippen LogP contribution is -2.35. The quantitative estimate of drug-likeness (QED) is 0.827. The molecule has 0 unspecified atom stereocenters. The number of aromatic nitrogens is 2. The number of piperidine rings is 1. The number of hydrogen-bond donors (Lipinski definition) is 2. The number of rotatable bonds is 5. The molecule has 1 aromatic rings. The van der Waals surface area contributed by atoms with Gasteiger partial charge in [0.05, 0.1) is 0 Å². The third kappa shape index (κ3) is 3.90. The van der Waals surface area contributed by atoms with Gasteiger partial charge >= 0.3 is 0 Å². The molecule has 1 aliphatic heterocycles. The van der Waals surface area contributed by atoms with E-state index in [4.69, 9.17) is 0 Å². The van der Waals surface area contributed by atoms with E-state index in [2.05, 4.69) is 25.7 Å². The minimum absolute atomic E-state index is 0.174. The highest BCUT2D eigenvalue weighted by atomic mass is 16.1. The van der Waals surface area contributed by atoms with Gasteiger partial charge in [0.25, 0.3) is 5.91 Å². The van der Waals surface area contributed by atoms with Crippen molar-refractivity contribution in [1.29, 1.82) is 0 Å². The molecule has 0 spiro atoms. The van der Waals surface area contributed by atoms with E-state index in [-0.39, 0.29) is 5.91 Å². The van der Waals surface area contributed by atoms with Crippen LogP contribution in [0.1, 0.15) is 30.3 Å². The predicted molar refractivity (Wildman–Crippen MR) is 78.9 cm³/mol. The Morgan fingerprint density at radius 3 is 2.75 bits per heavy atom. The van der Waals surface area contributed by atoms with Crippen molar-refractivity contribution >= 4 is 11.7 Å². The van der Waals surface area contributed by atoms with Gasteiger partial charge < -0.3 is 15.5 Å². The largest absolute Gasteiger partial charge is 0.358 e. The molecule has 0 atom stereocenters. The minimum atomic E-state index is -0.174. The van der Waals surface area contributed by atoms with Crippen molar-refractivity contribution in [2.75, 3.05) is 38.1 Å². The van der Waals surface area contributed by atoms with E-state index < -0.39 is 0 Å². The van der Waals surface area contributed by atoms with Crippen molar-refractivity contribution in [3.63, 3.8) is 0 Å². The third-order valence-corrected chi connectivity index (χ3v) is 3.60. The molecule has 1 aliphatic rings. The second-order valence-corrected chi connectivity index (χ2v) is 5.21. The van der Waals surface area contributed by atoms with Gasteiger partial charge in [-0.2, -0.15) is 0 Å². The average molecular weight is 277 g/mol. The van der Waals surface area contributed by atoms with Gasteiger partial charge in [0, 0.05) is 20.1 Å². The van der Waals surface area contributed by atoms with Crippen LogP contribution in [0.15, 0.2) is 12.1 Å². The Morgan fingerprint density at radius 1 is 1.40 bits per heavy atom. The Balaban J connectivity index is 1.92. The van der Waals surface area contributed by atoms with Crippen LogP contribution in [0.4, 0.5) is 5.82 Å². The topological polar surface area (TPSA) is 70.2 Å². The summed E-state index contributed by atoms with van der Waals surface area (Å²) in [5.74, 6) is 1.34. The van der Waals surface area contributed by atoms with Gasteiger partial charge in [-0.1, -0.05) is 0 Å². The van der Waals surface area contributed by atoms with Crippen LogP contribution in [0, 0.1) is 5.92 Å². The van der Waals surface area contributed by atoms with Crippen molar-refractivity contribution in [3.8, 4) is 0 Å². The number of carbonyl (C=O) groups excluding carboxylic acids is 1.